The Hall–Kier alpha value is -3.67. The second kappa shape index (κ2) is 8.14. The van der Waals surface area contributed by atoms with Crippen LogP contribution in [-0.2, 0) is 0 Å². The van der Waals surface area contributed by atoms with Gasteiger partial charge in [0.1, 0.15) is 17.9 Å². The van der Waals surface area contributed by atoms with E-state index in [9.17, 15) is 4.79 Å². The van der Waals surface area contributed by atoms with Crippen molar-refractivity contribution in [2.75, 3.05) is 13.2 Å². The van der Waals surface area contributed by atoms with Crippen LogP contribution in [0.4, 0.5) is 0 Å². The molecule has 2 aromatic heterocycles. The number of nitrogens with one attached hydrogen (secondary N) is 1. The number of aromatic nitrogens is 3. The second-order valence-corrected chi connectivity index (χ2v) is 6.82. The molecule has 0 aliphatic rings. The van der Waals surface area contributed by atoms with E-state index >= 15 is 0 Å². The predicted molar refractivity (Wildman–Crippen MR) is 112 cm³/mol. The van der Waals surface area contributed by atoms with Crippen LogP contribution in [0.2, 0.25) is 0 Å². The minimum absolute atomic E-state index is 0.220. The van der Waals surface area contributed by atoms with Crippen molar-refractivity contribution in [1.82, 2.24) is 19.9 Å². The van der Waals surface area contributed by atoms with Crippen molar-refractivity contribution in [3.8, 4) is 17.0 Å². The number of para-hydroxylation sites is 1. The first-order chi connectivity index (χ1) is 14.1. The van der Waals surface area contributed by atoms with Gasteiger partial charge in [-0.25, -0.2) is 9.50 Å². The molecular weight excluding hydrogens is 364 g/mol. The SMILES string of the molecule is Cc1cccc(C)c1OCCNC(=O)c1cnn2c(-c3ccccc3)ccnc12. The molecule has 0 unspecified atom stereocenters. The average Bonchev–Trinajstić information content (AvgIpc) is 3.18. The molecule has 146 valence electrons. The maximum atomic E-state index is 12.7. The fourth-order valence-corrected chi connectivity index (χ4v) is 3.32. The van der Waals surface area contributed by atoms with Gasteiger partial charge in [0.15, 0.2) is 5.65 Å². The highest BCUT2D eigenvalue weighted by molar-refractivity contribution is 5.99. The minimum Gasteiger partial charge on any atom is -0.491 e. The lowest BCUT2D eigenvalue weighted by molar-refractivity contribution is 0.0948. The van der Waals surface area contributed by atoms with Gasteiger partial charge in [0.25, 0.3) is 5.91 Å². The summed E-state index contributed by atoms with van der Waals surface area (Å²) in [5, 5.41) is 7.27. The number of ether oxygens (including phenoxy) is 1. The Balaban J connectivity index is 1.46. The molecular formula is C23H22N4O2. The minimum atomic E-state index is -0.220. The van der Waals surface area contributed by atoms with Gasteiger partial charge in [-0.3, -0.25) is 4.79 Å². The number of hydrogen-bond acceptors (Lipinski definition) is 4. The number of aryl methyl sites for hydroxylation is 2. The maximum Gasteiger partial charge on any atom is 0.256 e. The van der Waals surface area contributed by atoms with Gasteiger partial charge in [0.05, 0.1) is 18.4 Å². The number of nitrogens with zero attached hydrogens (tertiary/aromatic N) is 3. The molecule has 0 fully saturated rings. The first kappa shape index (κ1) is 18.7. The highest BCUT2D eigenvalue weighted by Crippen LogP contribution is 2.22. The Morgan fingerprint density at radius 3 is 2.55 bits per heavy atom. The van der Waals surface area contributed by atoms with E-state index < -0.39 is 0 Å². The summed E-state index contributed by atoms with van der Waals surface area (Å²) in [7, 11) is 0. The molecule has 2 aromatic carbocycles. The molecule has 0 saturated heterocycles. The predicted octanol–water partition coefficient (Wildman–Crippen LogP) is 3.82. The van der Waals surface area contributed by atoms with E-state index in [0.29, 0.717) is 24.4 Å². The molecule has 6 heteroatoms. The number of rotatable bonds is 6. The van der Waals surface area contributed by atoms with E-state index in [4.69, 9.17) is 4.74 Å². The number of amides is 1. The van der Waals surface area contributed by atoms with E-state index in [-0.39, 0.29) is 5.91 Å². The van der Waals surface area contributed by atoms with Crippen molar-refractivity contribution in [2.45, 2.75) is 13.8 Å². The fraction of sp³-hybridized carbons (Fsp3) is 0.174. The lowest BCUT2D eigenvalue weighted by atomic mass is 10.1. The van der Waals surface area contributed by atoms with E-state index in [2.05, 4.69) is 15.4 Å². The summed E-state index contributed by atoms with van der Waals surface area (Å²) in [5.41, 5.74) is 5.02. The van der Waals surface area contributed by atoms with Gasteiger partial charge in [-0.2, -0.15) is 5.10 Å². The van der Waals surface area contributed by atoms with Gasteiger partial charge >= 0.3 is 0 Å². The van der Waals surface area contributed by atoms with Crippen molar-refractivity contribution in [2.24, 2.45) is 0 Å². The number of carbonyl (C=O) groups is 1. The van der Waals surface area contributed by atoms with E-state index in [1.165, 1.54) is 0 Å². The largest absolute Gasteiger partial charge is 0.491 e. The summed E-state index contributed by atoms with van der Waals surface area (Å²) in [6.45, 7) is 4.80. The van der Waals surface area contributed by atoms with Gasteiger partial charge in [0.2, 0.25) is 0 Å². The fourth-order valence-electron chi connectivity index (χ4n) is 3.32. The number of hydrogen-bond donors (Lipinski definition) is 1. The molecule has 4 rings (SSSR count). The molecule has 4 aromatic rings. The van der Waals surface area contributed by atoms with Crippen molar-refractivity contribution in [3.63, 3.8) is 0 Å². The molecule has 0 aliphatic carbocycles. The van der Waals surface area contributed by atoms with Crippen LogP contribution < -0.4 is 10.1 Å². The zero-order valence-electron chi connectivity index (χ0n) is 16.4. The third kappa shape index (κ3) is 3.82. The van der Waals surface area contributed by atoms with Crippen LogP contribution in [0.15, 0.2) is 67.0 Å². The summed E-state index contributed by atoms with van der Waals surface area (Å²) >= 11 is 0. The van der Waals surface area contributed by atoms with Gasteiger partial charge in [-0.15, -0.1) is 0 Å². The van der Waals surface area contributed by atoms with Gasteiger partial charge in [-0.05, 0) is 31.0 Å². The molecule has 2 heterocycles. The molecule has 0 atom stereocenters. The Morgan fingerprint density at radius 1 is 1.03 bits per heavy atom. The molecule has 0 radical (unpaired) electrons. The molecule has 0 spiro atoms. The smallest absolute Gasteiger partial charge is 0.256 e. The highest BCUT2D eigenvalue weighted by atomic mass is 16.5. The molecule has 1 N–H and O–H groups in total. The van der Waals surface area contributed by atoms with Crippen molar-refractivity contribution in [3.05, 3.63) is 83.7 Å². The van der Waals surface area contributed by atoms with Crippen molar-refractivity contribution < 1.29 is 9.53 Å². The quantitative estimate of drug-likeness (QED) is 0.512. The van der Waals surface area contributed by atoms with Crippen molar-refractivity contribution in [1.29, 1.82) is 0 Å². The van der Waals surface area contributed by atoms with Crippen LogP contribution in [0.25, 0.3) is 16.9 Å². The average molecular weight is 386 g/mol. The molecule has 0 saturated carbocycles. The Labute approximate surface area is 169 Å². The molecule has 29 heavy (non-hydrogen) atoms. The third-order valence-electron chi connectivity index (χ3n) is 4.76. The van der Waals surface area contributed by atoms with Crippen LogP contribution in [-0.4, -0.2) is 33.7 Å². The van der Waals surface area contributed by atoms with Crippen LogP contribution in [0.1, 0.15) is 21.5 Å². The maximum absolute atomic E-state index is 12.7. The van der Waals surface area contributed by atoms with Gasteiger partial charge < -0.3 is 10.1 Å². The Kier molecular flexibility index (Phi) is 5.24. The van der Waals surface area contributed by atoms with Crippen LogP contribution >= 0.6 is 0 Å². The lowest BCUT2D eigenvalue weighted by Gasteiger charge is -2.12. The normalized spacial score (nSPS) is 10.8. The number of benzene rings is 2. The number of fused-ring (bicyclic) bond motifs is 1. The van der Waals surface area contributed by atoms with Crippen molar-refractivity contribution >= 4 is 11.6 Å². The topological polar surface area (TPSA) is 68.5 Å². The summed E-state index contributed by atoms with van der Waals surface area (Å²) in [6.07, 6.45) is 3.25. The van der Waals surface area contributed by atoms with E-state index in [1.807, 2.05) is 68.4 Å². The zero-order valence-corrected chi connectivity index (χ0v) is 16.4. The Morgan fingerprint density at radius 2 is 1.79 bits per heavy atom. The summed E-state index contributed by atoms with van der Waals surface area (Å²) in [5.74, 6) is 0.648. The van der Waals surface area contributed by atoms with E-state index in [0.717, 1.165) is 28.1 Å². The first-order valence-corrected chi connectivity index (χ1v) is 9.50. The van der Waals surface area contributed by atoms with Gasteiger partial charge in [-0.1, -0.05) is 48.5 Å². The monoisotopic (exact) mass is 386 g/mol. The van der Waals surface area contributed by atoms with Crippen LogP contribution in [0.3, 0.4) is 0 Å². The Bertz CT molecular complexity index is 1130. The van der Waals surface area contributed by atoms with Crippen LogP contribution in [0, 0.1) is 13.8 Å². The summed E-state index contributed by atoms with van der Waals surface area (Å²) < 4.78 is 7.54. The third-order valence-corrected chi connectivity index (χ3v) is 4.76. The summed E-state index contributed by atoms with van der Waals surface area (Å²) in [6, 6.07) is 17.8. The van der Waals surface area contributed by atoms with E-state index in [1.54, 1.807) is 16.9 Å². The molecule has 0 bridgehead atoms. The molecule has 6 nitrogen and oxygen atoms in total. The van der Waals surface area contributed by atoms with Crippen LogP contribution in [0.5, 0.6) is 5.75 Å². The first-order valence-electron chi connectivity index (χ1n) is 9.50. The zero-order chi connectivity index (χ0) is 20.2. The standard InChI is InChI=1S/C23H22N4O2/c1-16-7-6-8-17(2)21(16)29-14-13-25-23(28)19-15-26-27-20(11-12-24-22(19)27)18-9-4-3-5-10-18/h3-12,15H,13-14H2,1-2H3,(H,25,28). The summed E-state index contributed by atoms with van der Waals surface area (Å²) in [4.78, 5) is 17.0. The molecule has 0 aliphatic heterocycles. The lowest BCUT2D eigenvalue weighted by Crippen LogP contribution is -2.28. The second-order valence-electron chi connectivity index (χ2n) is 6.82. The van der Waals surface area contributed by atoms with Gasteiger partial charge in [0, 0.05) is 11.8 Å². The molecule has 1 amide bonds. The highest BCUT2D eigenvalue weighted by Gasteiger charge is 2.16. The number of carbonyl (C=O) groups excluding carboxylic acids is 1.